The number of rotatable bonds is 7. The normalized spacial score (nSPS) is 13.0. The van der Waals surface area contributed by atoms with Crippen LogP contribution in [0.5, 0.6) is 5.75 Å². The topological polar surface area (TPSA) is 108 Å². The van der Waals surface area contributed by atoms with Crippen LogP contribution in [0.2, 0.25) is 0 Å². The van der Waals surface area contributed by atoms with Gasteiger partial charge in [-0.25, -0.2) is 4.79 Å². The monoisotopic (exact) mass is 521 g/mol. The molecule has 0 aromatic heterocycles. The molecule has 8 nitrogen and oxygen atoms in total. The number of hydrogen-bond acceptors (Lipinski definition) is 5. The molecule has 0 aliphatic heterocycles. The highest BCUT2D eigenvalue weighted by atomic mass is 16.6. The lowest BCUT2D eigenvalue weighted by molar-refractivity contribution is -0.139. The molecule has 0 fully saturated rings. The summed E-state index contributed by atoms with van der Waals surface area (Å²) in [6, 6.07) is 12.0. The van der Waals surface area contributed by atoms with Gasteiger partial charge in [-0.05, 0) is 84.2 Å². The molecule has 3 amide bonds. The summed E-state index contributed by atoms with van der Waals surface area (Å²) in [5, 5.41) is 15.2. The number of amides is 3. The predicted molar refractivity (Wildman–Crippen MR) is 147 cm³/mol. The molecular weight excluding hydrogens is 482 g/mol. The van der Waals surface area contributed by atoms with Gasteiger partial charge in [0.2, 0.25) is 5.91 Å². The highest BCUT2D eigenvalue weighted by molar-refractivity contribution is 5.94. The molecule has 38 heavy (non-hydrogen) atoms. The lowest BCUT2D eigenvalue weighted by Crippen LogP contribution is -2.54. The van der Waals surface area contributed by atoms with Crippen LogP contribution in [0.3, 0.4) is 0 Å². The maximum atomic E-state index is 14.0. The van der Waals surface area contributed by atoms with E-state index in [1.807, 2.05) is 52.8 Å². The summed E-state index contributed by atoms with van der Waals surface area (Å²) in [6.45, 7) is 14.4. The third-order valence-corrected chi connectivity index (χ3v) is 5.48. The van der Waals surface area contributed by atoms with Crippen LogP contribution in [-0.2, 0) is 20.7 Å². The third kappa shape index (κ3) is 8.84. The first-order chi connectivity index (χ1) is 17.5. The molecule has 0 aliphatic rings. The summed E-state index contributed by atoms with van der Waals surface area (Å²) in [6.07, 6.45) is 5.14. The highest BCUT2D eigenvalue weighted by Crippen LogP contribution is 2.27. The average Bonchev–Trinajstić information content (AvgIpc) is 2.77. The van der Waals surface area contributed by atoms with Gasteiger partial charge in [0.15, 0.2) is 0 Å². The van der Waals surface area contributed by atoms with Crippen molar-refractivity contribution in [1.82, 2.24) is 15.5 Å². The Morgan fingerprint density at radius 1 is 1.03 bits per heavy atom. The molecule has 0 aliphatic carbocycles. The van der Waals surface area contributed by atoms with Gasteiger partial charge in [-0.15, -0.1) is 0 Å². The van der Waals surface area contributed by atoms with Crippen LogP contribution in [0.4, 0.5) is 4.79 Å². The predicted octanol–water partition coefficient (Wildman–Crippen LogP) is 4.52. The molecule has 204 valence electrons. The number of ether oxygens (including phenoxy) is 1. The average molecular weight is 522 g/mol. The number of phenolic OH excluding ortho intramolecular Hbond substituents is 1. The fraction of sp³-hybridized carbons (Fsp3) is 0.433. The van der Waals surface area contributed by atoms with Crippen LogP contribution in [0.15, 0.2) is 42.5 Å². The van der Waals surface area contributed by atoms with Gasteiger partial charge < -0.3 is 20.5 Å². The fourth-order valence-electron chi connectivity index (χ4n) is 3.84. The van der Waals surface area contributed by atoms with Crippen molar-refractivity contribution >= 4 is 17.9 Å². The minimum Gasteiger partial charge on any atom is -0.508 e. The zero-order chi connectivity index (χ0) is 28.8. The number of carbonyl (C=O) groups is 3. The largest absolute Gasteiger partial charge is 0.508 e. The number of carbonyl (C=O) groups excluding carboxylic acids is 3. The molecule has 2 aromatic rings. The molecule has 2 atom stereocenters. The Balaban J connectivity index is 2.57. The Morgan fingerprint density at radius 2 is 1.63 bits per heavy atom. The first-order valence-corrected chi connectivity index (χ1v) is 12.5. The van der Waals surface area contributed by atoms with E-state index >= 15 is 0 Å². The quantitative estimate of drug-likeness (QED) is 0.367. The second-order valence-corrected chi connectivity index (χ2v) is 11.4. The Morgan fingerprint density at radius 3 is 2.16 bits per heavy atom. The zero-order valence-corrected chi connectivity index (χ0v) is 23.5. The number of aromatic hydroxyl groups is 1. The number of benzene rings is 2. The van der Waals surface area contributed by atoms with E-state index in [1.165, 1.54) is 12.1 Å². The molecule has 2 unspecified atom stereocenters. The van der Waals surface area contributed by atoms with Crippen LogP contribution >= 0.6 is 0 Å². The number of alkyl carbamates (subject to hydrolysis) is 1. The molecule has 2 rings (SSSR count). The van der Waals surface area contributed by atoms with Crippen LogP contribution < -0.4 is 10.6 Å². The molecule has 2 aromatic carbocycles. The van der Waals surface area contributed by atoms with E-state index in [0.29, 0.717) is 11.1 Å². The van der Waals surface area contributed by atoms with Crippen LogP contribution in [0, 0.1) is 26.3 Å². The molecule has 0 heterocycles. The summed E-state index contributed by atoms with van der Waals surface area (Å²) < 4.78 is 5.39. The summed E-state index contributed by atoms with van der Waals surface area (Å²) in [4.78, 5) is 41.4. The summed E-state index contributed by atoms with van der Waals surface area (Å²) in [5.41, 5.74) is 1.55. The summed E-state index contributed by atoms with van der Waals surface area (Å²) >= 11 is 0. The van der Waals surface area contributed by atoms with Gasteiger partial charge in [0.25, 0.3) is 5.91 Å². The van der Waals surface area contributed by atoms with E-state index in [2.05, 4.69) is 16.7 Å². The van der Waals surface area contributed by atoms with E-state index in [4.69, 9.17) is 11.2 Å². The van der Waals surface area contributed by atoms with Crippen molar-refractivity contribution in [2.45, 2.75) is 85.0 Å². The van der Waals surface area contributed by atoms with Gasteiger partial charge >= 0.3 is 6.09 Å². The molecule has 3 N–H and O–H groups in total. The molecular formula is C30H39N3O5. The summed E-state index contributed by atoms with van der Waals surface area (Å²) in [5.74, 6) is -1.03. The van der Waals surface area contributed by atoms with E-state index in [9.17, 15) is 19.5 Å². The van der Waals surface area contributed by atoms with Gasteiger partial charge in [-0.3, -0.25) is 14.5 Å². The molecule has 0 radical (unpaired) electrons. The minimum atomic E-state index is -1.15. The van der Waals surface area contributed by atoms with E-state index in [0.717, 1.165) is 16.0 Å². The first kappa shape index (κ1) is 30.2. The Hall–Kier alpha value is -3.99. The van der Waals surface area contributed by atoms with E-state index in [-0.39, 0.29) is 12.2 Å². The van der Waals surface area contributed by atoms with Crippen molar-refractivity contribution in [1.29, 1.82) is 0 Å². The standard InChI is InChI=1S/C30H39N3O5/c1-10-33(25(26(35)32-29(4,5)6)23-17-19(2)11-12-20(23)3)27(36)24(31-28(37)38-30(7,8)9)18-21-13-15-22(34)16-14-21/h1,11-17,24-25,34H,18H2,2-9H3,(H,31,37)(H,32,35). The van der Waals surface area contributed by atoms with Gasteiger partial charge in [0.05, 0.1) is 0 Å². The number of aryl methyl sites for hydroxylation is 2. The van der Waals surface area contributed by atoms with Crippen LogP contribution in [0.25, 0.3) is 0 Å². The lowest BCUT2D eigenvalue weighted by Gasteiger charge is -2.33. The Labute approximate surface area is 225 Å². The van der Waals surface area contributed by atoms with Crippen LogP contribution in [0.1, 0.15) is 69.8 Å². The third-order valence-electron chi connectivity index (χ3n) is 5.48. The number of hydrogen-bond donors (Lipinski definition) is 3. The second kappa shape index (κ2) is 12.0. The van der Waals surface area contributed by atoms with Crippen molar-refractivity contribution in [3.05, 3.63) is 64.7 Å². The van der Waals surface area contributed by atoms with Crippen molar-refractivity contribution in [3.8, 4) is 18.2 Å². The smallest absolute Gasteiger partial charge is 0.408 e. The lowest BCUT2D eigenvalue weighted by atomic mass is 9.95. The molecule has 0 saturated carbocycles. The van der Waals surface area contributed by atoms with Crippen molar-refractivity contribution < 1.29 is 24.2 Å². The maximum Gasteiger partial charge on any atom is 0.408 e. The Kier molecular flexibility index (Phi) is 9.58. The Bertz CT molecular complexity index is 1200. The summed E-state index contributed by atoms with van der Waals surface area (Å²) in [7, 11) is 0. The molecule has 0 bridgehead atoms. The highest BCUT2D eigenvalue weighted by Gasteiger charge is 2.37. The molecule has 0 spiro atoms. The first-order valence-electron chi connectivity index (χ1n) is 12.5. The van der Waals surface area contributed by atoms with E-state index < -0.39 is 41.1 Å². The second-order valence-electron chi connectivity index (χ2n) is 11.4. The van der Waals surface area contributed by atoms with Gasteiger partial charge in [0.1, 0.15) is 23.4 Å². The van der Waals surface area contributed by atoms with Crippen molar-refractivity contribution in [3.63, 3.8) is 0 Å². The van der Waals surface area contributed by atoms with E-state index in [1.54, 1.807) is 32.9 Å². The zero-order valence-electron chi connectivity index (χ0n) is 23.5. The number of nitrogens with zero attached hydrogens (tertiary/aromatic N) is 1. The number of terminal acetylenes is 1. The number of phenols is 1. The molecule has 0 saturated heterocycles. The fourth-order valence-corrected chi connectivity index (χ4v) is 3.84. The maximum absolute atomic E-state index is 14.0. The van der Waals surface area contributed by atoms with Gasteiger partial charge in [-0.2, -0.15) is 0 Å². The number of nitrogens with one attached hydrogen (secondary N) is 2. The van der Waals surface area contributed by atoms with Gasteiger partial charge in [0, 0.05) is 18.0 Å². The van der Waals surface area contributed by atoms with Gasteiger partial charge in [-0.1, -0.05) is 42.3 Å². The SMILES string of the molecule is C#CN(C(=O)C(Cc1ccc(O)cc1)NC(=O)OC(C)(C)C)C(C(=O)NC(C)(C)C)c1cc(C)ccc1C. The van der Waals surface area contributed by atoms with Crippen molar-refractivity contribution in [2.75, 3.05) is 0 Å². The van der Waals surface area contributed by atoms with Crippen molar-refractivity contribution in [2.24, 2.45) is 0 Å². The van der Waals surface area contributed by atoms with Crippen LogP contribution in [-0.4, -0.2) is 45.1 Å². The molecule has 8 heteroatoms. The minimum absolute atomic E-state index is 0.0525.